The van der Waals surface area contributed by atoms with Gasteiger partial charge in [0.05, 0.1) is 5.41 Å². The Kier molecular flexibility index (Phi) is 4.04. The molecule has 0 spiro atoms. The predicted molar refractivity (Wildman–Crippen MR) is 72.2 cm³/mol. The summed E-state index contributed by atoms with van der Waals surface area (Å²) in [6, 6.07) is 3.56. The van der Waals surface area contributed by atoms with Gasteiger partial charge >= 0.3 is 5.97 Å². The summed E-state index contributed by atoms with van der Waals surface area (Å²) in [5.41, 5.74) is 5.51. The first kappa shape index (κ1) is 14.5. The molecule has 0 atom stereocenters. The van der Waals surface area contributed by atoms with Gasteiger partial charge in [-0.2, -0.15) is 0 Å². The molecule has 0 amide bonds. The van der Waals surface area contributed by atoms with Crippen molar-refractivity contribution in [2.45, 2.75) is 20.3 Å². The zero-order valence-corrected chi connectivity index (χ0v) is 11.6. The van der Waals surface area contributed by atoms with Gasteiger partial charge in [-0.05, 0) is 38.4 Å². The summed E-state index contributed by atoms with van der Waals surface area (Å²) in [6.07, 6.45) is 0.624. The molecular formula is C14H19NO5. The maximum atomic E-state index is 11.1. The highest BCUT2D eigenvalue weighted by atomic mass is 16.7. The van der Waals surface area contributed by atoms with Crippen molar-refractivity contribution < 1.29 is 24.1 Å². The van der Waals surface area contributed by atoms with Gasteiger partial charge in [0.1, 0.15) is 12.4 Å². The number of nitrogens with two attached hydrogens (primary N) is 1. The van der Waals surface area contributed by atoms with Gasteiger partial charge in [0.25, 0.3) is 0 Å². The van der Waals surface area contributed by atoms with E-state index in [0.717, 1.165) is 5.56 Å². The second kappa shape index (κ2) is 5.58. The smallest absolute Gasteiger partial charge is 0.312 e. The number of carbonyl (C=O) groups is 1. The van der Waals surface area contributed by atoms with Gasteiger partial charge in [-0.15, -0.1) is 0 Å². The van der Waals surface area contributed by atoms with Crippen LogP contribution in [0.2, 0.25) is 0 Å². The summed E-state index contributed by atoms with van der Waals surface area (Å²) in [6.45, 7) is 3.95. The second-order valence-corrected chi connectivity index (χ2v) is 5.33. The molecule has 6 heteroatoms. The lowest BCUT2D eigenvalue weighted by Gasteiger charge is -2.21. The van der Waals surface area contributed by atoms with Crippen LogP contribution in [0.4, 0.5) is 0 Å². The fraction of sp³-hybridized carbons (Fsp3) is 0.500. The molecule has 0 aliphatic carbocycles. The lowest BCUT2D eigenvalue weighted by atomic mass is 9.95. The van der Waals surface area contributed by atoms with E-state index in [0.29, 0.717) is 30.2 Å². The Morgan fingerprint density at radius 3 is 2.65 bits per heavy atom. The van der Waals surface area contributed by atoms with Gasteiger partial charge in [0.15, 0.2) is 11.5 Å². The molecule has 1 aromatic carbocycles. The molecule has 2 rings (SSSR count). The predicted octanol–water partition coefficient (Wildman–Crippen LogP) is 1.41. The van der Waals surface area contributed by atoms with Crippen LogP contribution < -0.4 is 19.9 Å². The number of hydrogen-bond acceptors (Lipinski definition) is 5. The van der Waals surface area contributed by atoms with Gasteiger partial charge in [-0.25, -0.2) is 0 Å². The fourth-order valence-corrected chi connectivity index (χ4v) is 1.77. The molecule has 0 fully saturated rings. The summed E-state index contributed by atoms with van der Waals surface area (Å²) in [5, 5.41) is 9.10. The molecular weight excluding hydrogens is 262 g/mol. The van der Waals surface area contributed by atoms with Crippen LogP contribution in [0.3, 0.4) is 0 Å². The Balaban J connectivity index is 2.20. The standard InChI is InChI=1S/C14H19NO5/c1-14(2,13(16)17)7-18-10-6-12-11(19-8-20-12)5-9(10)3-4-15/h5-6H,3-4,7-8,15H2,1-2H3,(H,16,17). The first-order valence-electron chi connectivity index (χ1n) is 6.43. The first-order chi connectivity index (χ1) is 9.44. The molecule has 0 radical (unpaired) electrons. The molecule has 1 aromatic rings. The number of fused-ring (bicyclic) bond motifs is 1. The minimum absolute atomic E-state index is 0.0690. The Morgan fingerprint density at radius 2 is 2.05 bits per heavy atom. The molecule has 20 heavy (non-hydrogen) atoms. The van der Waals surface area contributed by atoms with Crippen molar-refractivity contribution in [2.24, 2.45) is 11.1 Å². The Hall–Kier alpha value is -1.95. The number of hydrogen-bond donors (Lipinski definition) is 2. The number of rotatable bonds is 6. The highest BCUT2D eigenvalue weighted by Crippen LogP contribution is 2.38. The maximum Gasteiger partial charge on any atom is 0.312 e. The van der Waals surface area contributed by atoms with Gasteiger partial charge in [0.2, 0.25) is 6.79 Å². The summed E-state index contributed by atoms with van der Waals surface area (Å²) in [5.74, 6) is 0.958. The Labute approximate surface area is 117 Å². The molecule has 6 nitrogen and oxygen atoms in total. The zero-order chi connectivity index (χ0) is 14.8. The van der Waals surface area contributed by atoms with E-state index >= 15 is 0 Å². The van der Waals surface area contributed by atoms with Crippen LogP contribution in [-0.4, -0.2) is 31.0 Å². The Morgan fingerprint density at radius 1 is 1.40 bits per heavy atom. The van der Waals surface area contributed by atoms with Crippen molar-refractivity contribution in [1.29, 1.82) is 0 Å². The molecule has 110 valence electrons. The van der Waals surface area contributed by atoms with Crippen LogP contribution in [0.1, 0.15) is 19.4 Å². The van der Waals surface area contributed by atoms with E-state index in [2.05, 4.69) is 0 Å². The molecule has 1 heterocycles. The molecule has 0 saturated heterocycles. The molecule has 0 bridgehead atoms. The van der Waals surface area contributed by atoms with Crippen LogP contribution in [0, 0.1) is 5.41 Å². The normalized spacial score (nSPS) is 13.3. The van der Waals surface area contributed by atoms with Gasteiger partial charge in [-0.3, -0.25) is 4.79 Å². The quantitative estimate of drug-likeness (QED) is 0.819. The van der Waals surface area contributed by atoms with E-state index in [-0.39, 0.29) is 13.4 Å². The molecule has 0 aromatic heterocycles. The number of carboxylic acid groups (broad SMARTS) is 1. The third-order valence-electron chi connectivity index (χ3n) is 3.14. The third-order valence-corrected chi connectivity index (χ3v) is 3.14. The zero-order valence-electron chi connectivity index (χ0n) is 11.6. The maximum absolute atomic E-state index is 11.1. The van der Waals surface area contributed by atoms with E-state index in [9.17, 15) is 4.79 Å². The minimum atomic E-state index is -0.962. The van der Waals surface area contributed by atoms with Crippen LogP contribution in [0.25, 0.3) is 0 Å². The van der Waals surface area contributed by atoms with Crippen LogP contribution in [0.5, 0.6) is 17.2 Å². The molecule has 1 aliphatic heterocycles. The molecule has 1 aliphatic rings. The number of carboxylic acids is 1. The van der Waals surface area contributed by atoms with Crippen LogP contribution in [-0.2, 0) is 11.2 Å². The van der Waals surface area contributed by atoms with E-state index in [1.807, 2.05) is 6.07 Å². The molecule has 3 N–H and O–H groups in total. The number of aliphatic carboxylic acids is 1. The topological polar surface area (TPSA) is 91.0 Å². The largest absolute Gasteiger partial charge is 0.492 e. The highest BCUT2D eigenvalue weighted by Gasteiger charge is 2.29. The SMILES string of the molecule is CC(C)(COc1cc2c(cc1CCN)OCO2)C(=O)O. The number of benzene rings is 1. The van der Waals surface area contributed by atoms with Crippen LogP contribution >= 0.6 is 0 Å². The Bertz CT molecular complexity index is 513. The van der Waals surface area contributed by atoms with Crippen molar-refractivity contribution >= 4 is 5.97 Å². The lowest BCUT2D eigenvalue weighted by molar-refractivity contribution is -0.148. The van der Waals surface area contributed by atoms with E-state index in [1.54, 1.807) is 19.9 Å². The van der Waals surface area contributed by atoms with Crippen molar-refractivity contribution in [1.82, 2.24) is 0 Å². The lowest BCUT2D eigenvalue weighted by Crippen LogP contribution is -2.30. The number of ether oxygens (including phenoxy) is 3. The van der Waals surface area contributed by atoms with E-state index in [4.69, 9.17) is 25.1 Å². The van der Waals surface area contributed by atoms with Gasteiger partial charge < -0.3 is 25.1 Å². The summed E-state index contributed by atoms with van der Waals surface area (Å²) in [7, 11) is 0. The van der Waals surface area contributed by atoms with E-state index in [1.165, 1.54) is 0 Å². The van der Waals surface area contributed by atoms with Gasteiger partial charge in [-0.1, -0.05) is 0 Å². The van der Waals surface area contributed by atoms with Crippen molar-refractivity contribution in [2.75, 3.05) is 19.9 Å². The second-order valence-electron chi connectivity index (χ2n) is 5.33. The first-order valence-corrected chi connectivity index (χ1v) is 6.43. The average Bonchev–Trinajstić information content (AvgIpc) is 2.83. The highest BCUT2D eigenvalue weighted by molar-refractivity contribution is 5.73. The van der Waals surface area contributed by atoms with Gasteiger partial charge in [0, 0.05) is 6.07 Å². The van der Waals surface area contributed by atoms with Crippen LogP contribution in [0.15, 0.2) is 12.1 Å². The molecule has 0 saturated carbocycles. The minimum Gasteiger partial charge on any atom is -0.492 e. The van der Waals surface area contributed by atoms with Crippen molar-refractivity contribution in [3.8, 4) is 17.2 Å². The monoisotopic (exact) mass is 281 g/mol. The third kappa shape index (κ3) is 2.96. The average molecular weight is 281 g/mol. The summed E-state index contributed by atoms with van der Waals surface area (Å²) >= 11 is 0. The molecule has 0 unspecified atom stereocenters. The fourth-order valence-electron chi connectivity index (χ4n) is 1.77. The van der Waals surface area contributed by atoms with Crippen molar-refractivity contribution in [3.05, 3.63) is 17.7 Å². The van der Waals surface area contributed by atoms with Crippen molar-refractivity contribution in [3.63, 3.8) is 0 Å². The summed E-state index contributed by atoms with van der Waals surface area (Å²) < 4.78 is 16.3. The van der Waals surface area contributed by atoms with E-state index < -0.39 is 11.4 Å². The summed E-state index contributed by atoms with van der Waals surface area (Å²) in [4.78, 5) is 11.1.